The van der Waals surface area contributed by atoms with Crippen molar-refractivity contribution < 1.29 is 9.84 Å². The Labute approximate surface area is 200 Å². The number of aromatic nitrogens is 3. The maximum Gasteiger partial charge on any atom is 0.200 e. The second-order valence-corrected chi connectivity index (χ2v) is 11.4. The van der Waals surface area contributed by atoms with Gasteiger partial charge in [-0.05, 0) is 51.9 Å². The van der Waals surface area contributed by atoms with Gasteiger partial charge in [0.25, 0.3) is 0 Å². The van der Waals surface area contributed by atoms with Crippen molar-refractivity contribution in [1.29, 1.82) is 0 Å². The van der Waals surface area contributed by atoms with Gasteiger partial charge in [0.15, 0.2) is 4.77 Å². The summed E-state index contributed by atoms with van der Waals surface area (Å²) in [7, 11) is 1.65. The molecule has 32 heavy (non-hydrogen) atoms. The van der Waals surface area contributed by atoms with Crippen molar-refractivity contribution in [1.82, 2.24) is 14.8 Å². The van der Waals surface area contributed by atoms with E-state index in [1.165, 1.54) is 5.56 Å². The zero-order chi connectivity index (χ0) is 23.7. The third-order valence-corrected chi connectivity index (χ3v) is 6.63. The number of methoxy groups -OCH3 is 1. The number of phenolic OH excluding ortho intramolecular Hbond substituents is 1. The number of H-pyrrole nitrogens is 1. The van der Waals surface area contributed by atoms with Crippen LogP contribution in [0.4, 0.5) is 0 Å². The lowest BCUT2D eigenvalue weighted by molar-refractivity contribution is 0.412. The maximum absolute atomic E-state index is 11.0. The van der Waals surface area contributed by atoms with E-state index in [-0.39, 0.29) is 10.8 Å². The first-order valence-corrected chi connectivity index (χ1v) is 12.2. The number of rotatable bonds is 6. The van der Waals surface area contributed by atoms with Gasteiger partial charge in [-0.1, -0.05) is 65.8 Å². The summed E-state index contributed by atoms with van der Waals surface area (Å²) in [5, 5.41) is 18.3. The lowest BCUT2D eigenvalue weighted by Crippen LogP contribution is -2.17. The normalized spacial score (nSPS) is 12.2. The molecule has 0 radical (unpaired) electrons. The van der Waals surface area contributed by atoms with Gasteiger partial charge in [0, 0.05) is 5.75 Å². The Morgan fingerprint density at radius 2 is 1.62 bits per heavy atom. The van der Waals surface area contributed by atoms with E-state index >= 15 is 0 Å². The van der Waals surface area contributed by atoms with E-state index in [4.69, 9.17) is 17.0 Å². The van der Waals surface area contributed by atoms with Gasteiger partial charge in [-0.3, -0.25) is 9.67 Å². The number of aromatic amines is 1. The van der Waals surface area contributed by atoms with Crippen LogP contribution < -0.4 is 4.74 Å². The summed E-state index contributed by atoms with van der Waals surface area (Å²) in [5.41, 5.74) is 3.75. The molecule has 0 bridgehead atoms. The molecule has 0 aliphatic carbocycles. The second-order valence-electron chi connectivity index (χ2n) is 9.98. The molecule has 0 amide bonds. The van der Waals surface area contributed by atoms with E-state index in [0.717, 1.165) is 34.1 Å². The predicted octanol–water partition coefficient (Wildman–Crippen LogP) is 6.67. The number of hydrogen-bond acceptors (Lipinski definition) is 5. The largest absolute Gasteiger partial charge is 0.507 e. The molecule has 0 unspecified atom stereocenters. The zero-order valence-corrected chi connectivity index (χ0v) is 21.6. The van der Waals surface area contributed by atoms with Crippen LogP contribution in [-0.2, 0) is 22.3 Å². The monoisotopic (exact) mass is 471 g/mol. The number of ether oxygens (including phenoxy) is 1. The molecule has 0 atom stereocenters. The number of nitrogens with one attached hydrogen (secondary N) is 1. The van der Waals surface area contributed by atoms with Crippen molar-refractivity contribution in [3.05, 3.63) is 63.7 Å². The first-order valence-electron chi connectivity index (χ1n) is 10.7. The molecule has 0 spiro atoms. The van der Waals surface area contributed by atoms with E-state index in [1.54, 1.807) is 18.9 Å². The molecule has 2 N–H and O–H groups in total. The summed E-state index contributed by atoms with van der Waals surface area (Å²) in [6, 6.07) is 12.1. The minimum atomic E-state index is -0.142. The van der Waals surface area contributed by atoms with Crippen LogP contribution in [0.1, 0.15) is 64.1 Å². The van der Waals surface area contributed by atoms with E-state index in [2.05, 4.69) is 63.9 Å². The second kappa shape index (κ2) is 9.32. The Balaban J connectivity index is 1.88. The fourth-order valence-electron chi connectivity index (χ4n) is 3.67. The standard InChI is InChI=1S/C25H33N3O2S2/c1-24(2,3)17-12-16(13-18(22(17)29)25(4,5)6)14-32-15-21-26-27-23(31)28(21)19-10-8-9-11-20(19)30-7/h8-13,29H,14-15H2,1-7H3,(H,27,31). The molecule has 0 fully saturated rings. The molecule has 7 heteroatoms. The highest BCUT2D eigenvalue weighted by molar-refractivity contribution is 7.97. The van der Waals surface area contributed by atoms with Gasteiger partial charge in [-0.15, -0.1) is 11.8 Å². The van der Waals surface area contributed by atoms with Crippen LogP contribution >= 0.6 is 24.0 Å². The minimum absolute atomic E-state index is 0.142. The number of hydrogen-bond donors (Lipinski definition) is 2. The Bertz CT molecular complexity index is 1120. The molecule has 5 nitrogen and oxygen atoms in total. The van der Waals surface area contributed by atoms with Crippen molar-refractivity contribution in [3.8, 4) is 17.2 Å². The molecule has 3 aromatic rings. The highest BCUT2D eigenvalue weighted by Gasteiger charge is 2.26. The van der Waals surface area contributed by atoms with Gasteiger partial charge in [0.2, 0.25) is 0 Å². The average Bonchev–Trinajstić information content (AvgIpc) is 3.07. The summed E-state index contributed by atoms with van der Waals surface area (Å²) in [4.78, 5) is 0. The first kappa shape index (κ1) is 24.4. The van der Waals surface area contributed by atoms with Crippen LogP contribution in [0, 0.1) is 4.77 Å². The maximum atomic E-state index is 11.0. The molecule has 1 heterocycles. The molecule has 1 aromatic heterocycles. The van der Waals surface area contributed by atoms with E-state index in [0.29, 0.717) is 16.3 Å². The summed E-state index contributed by atoms with van der Waals surface area (Å²) < 4.78 is 7.99. The number of aromatic hydroxyl groups is 1. The molecular weight excluding hydrogens is 438 g/mol. The van der Waals surface area contributed by atoms with Gasteiger partial charge >= 0.3 is 0 Å². The third kappa shape index (κ3) is 5.21. The topological polar surface area (TPSA) is 63.1 Å². The summed E-state index contributed by atoms with van der Waals surface area (Å²) in [6.07, 6.45) is 0. The average molecular weight is 472 g/mol. The van der Waals surface area contributed by atoms with Crippen LogP contribution in [0.3, 0.4) is 0 Å². The van der Waals surface area contributed by atoms with E-state index in [9.17, 15) is 5.11 Å². The Morgan fingerprint density at radius 1 is 1.03 bits per heavy atom. The summed E-state index contributed by atoms with van der Waals surface area (Å²) >= 11 is 7.26. The van der Waals surface area contributed by atoms with E-state index in [1.807, 2.05) is 28.8 Å². The highest BCUT2D eigenvalue weighted by Crippen LogP contribution is 2.40. The molecule has 0 saturated heterocycles. The van der Waals surface area contributed by atoms with Crippen LogP contribution in [0.15, 0.2) is 36.4 Å². The quantitative estimate of drug-likeness (QED) is 0.393. The van der Waals surface area contributed by atoms with E-state index < -0.39 is 0 Å². The lowest BCUT2D eigenvalue weighted by Gasteiger charge is -2.28. The smallest absolute Gasteiger partial charge is 0.200 e. The number of benzene rings is 2. The van der Waals surface area contributed by atoms with Crippen LogP contribution in [0.25, 0.3) is 5.69 Å². The first-order chi connectivity index (χ1) is 14.9. The number of thioether (sulfide) groups is 1. The van der Waals surface area contributed by atoms with Gasteiger partial charge in [0.1, 0.15) is 17.3 Å². The molecule has 0 aliphatic heterocycles. The van der Waals surface area contributed by atoms with Crippen molar-refractivity contribution >= 4 is 24.0 Å². The fraction of sp³-hybridized carbons (Fsp3) is 0.440. The van der Waals surface area contributed by atoms with Crippen molar-refractivity contribution in [3.63, 3.8) is 0 Å². The molecule has 2 aromatic carbocycles. The number of nitrogens with zero attached hydrogens (tertiary/aromatic N) is 2. The zero-order valence-electron chi connectivity index (χ0n) is 19.9. The van der Waals surface area contributed by atoms with Gasteiger partial charge in [0.05, 0.1) is 18.6 Å². The van der Waals surface area contributed by atoms with Gasteiger partial charge < -0.3 is 9.84 Å². The molecule has 0 aliphatic rings. The Morgan fingerprint density at radius 3 is 2.19 bits per heavy atom. The van der Waals surface area contributed by atoms with Crippen LogP contribution in [0.5, 0.6) is 11.5 Å². The Kier molecular flexibility index (Phi) is 7.10. The summed E-state index contributed by atoms with van der Waals surface area (Å²) in [5.74, 6) is 3.49. The predicted molar refractivity (Wildman–Crippen MR) is 136 cm³/mol. The van der Waals surface area contributed by atoms with Crippen LogP contribution in [0.2, 0.25) is 0 Å². The number of para-hydroxylation sites is 2. The summed E-state index contributed by atoms with van der Waals surface area (Å²) in [6.45, 7) is 12.8. The molecular formula is C25H33N3O2S2. The Hall–Kier alpha value is -2.25. The van der Waals surface area contributed by atoms with Crippen molar-refractivity contribution in [2.75, 3.05) is 7.11 Å². The minimum Gasteiger partial charge on any atom is -0.507 e. The number of phenols is 1. The third-order valence-electron chi connectivity index (χ3n) is 5.35. The van der Waals surface area contributed by atoms with Gasteiger partial charge in [-0.2, -0.15) is 5.10 Å². The SMILES string of the molecule is COc1ccccc1-n1c(CSCc2cc(C(C)(C)C)c(O)c(C(C)(C)C)c2)n[nH]c1=S. The fourth-order valence-corrected chi connectivity index (χ4v) is 4.80. The lowest BCUT2D eigenvalue weighted by atomic mass is 9.78. The molecule has 3 rings (SSSR count). The molecule has 0 saturated carbocycles. The van der Waals surface area contributed by atoms with Crippen molar-refractivity contribution in [2.24, 2.45) is 0 Å². The van der Waals surface area contributed by atoms with Crippen LogP contribution in [-0.4, -0.2) is 27.0 Å². The van der Waals surface area contributed by atoms with Gasteiger partial charge in [-0.25, -0.2) is 0 Å². The highest BCUT2D eigenvalue weighted by atomic mass is 32.2. The van der Waals surface area contributed by atoms with Crippen molar-refractivity contribution in [2.45, 2.75) is 63.9 Å². The molecule has 172 valence electrons.